The zero-order valence-electron chi connectivity index (χ0n) is 27.3. The maximum Gasteiger partial charge on any atom is 0.410 e. The number of esters is 1. The molecule has 0 spiro atoms. The lowest BCUT2D eigenvalue weighted by atomic mass is 10.0. The number of ketones is 1. The zero-order chi connectivity index (χ0) is 32.7. The second kappa shape index (κ2) is 14.7. The summed E-state index contributed by atoms with van der Waals surface area (Å²) in [7, 11) is 0. The molecule has 0 bridgehead atoms. The van der Waals surface area contributed by atoms with Crippen LogP contribution in [0.2, 0.25) is 0 Å². The Bertz CT molecular complexity index is 1520. The lowest BCUT2D eigenvalue weighted by molar-refractivity contribution is 0.0240. The highest BCUT2D eigenvalue weighted by Crippen LogP contribution is 2.24. The van der Waals surface area contributed by atoms with Crippen LogP contribution in [-0.4, -0.2) is 89.1 Å². The maximum atomic E-state index is 13.8. The van der Waals surface area contributed by atoms with Gasteiger partial charge in [0, 0.05) is 55.9 Å². The van der Waals surface area contributed by atoms with Crippen molar-refractivity contribution in [2.24, 2.45) is 0 Å². The van der Waals surface area contributed by atoms with E-state index in [0.29, 0.717) is 31.7 Å². The van der Waals surface area contributed by atoms with Crippen molar-refractivity contribution in [2.75, 3.05) is 56.1 Å². The van der Waals surface area contributed by atoms with Gasteiger partial charge in [0.2, 0.25) is 11.7 Å². The summed E-state index contributed by atoms with van der Waals surface area (Å²) in [6.07, 6.45) is 4.69. The van der Waals surface area contributed by atoms with Gasteiger partial charge >= 0.3 is 12.1 Å². The van der Waals surface area contributed by atoms with Crippen molar-refractivity contribution in [3.05, 3.63) is 77.1 Å². The minimum absolute atomic E-state index is 0.00875. The molecule has 2 saturated heterocycles. The number of ether oxygens (including phenoxy) is 2. The Labute approximate surface area is 270 Å². The van der Waals surface area contributed by atoms with E-state index in [1.807, 2.05) is 63.2 Å². The lowest BCUT2D eigenvalue weighted by Gasteiger charge is -2.36. The highest BCUT2D eigenvalue weighted by molar-refractivity contribution is 6.13. The third kappa shape index (κ3) is 8.60. The maximum absolute atomic E-state index is 13.8. The van der Waals surface area contributed by atoms with Crippen molar-refractivity contribution in [1.29, 1.82) is 0 Å². The Balaban J connectivity index is 1.28. The summed E-state index contributed by atoms with van der Waals surface area (Å²) < 4.78 is 10.7. The molecule has 11 nitrogen and oxygen atoms in total. The second-order valence-corrected chi connectivity index (χ2v) is 12.7. The number of piperazine rings is 1. The van der Waals surface area contributed by atoms with Crippen LogP contribution in [0.15, 0.2) is 54.7 Å². The Kier molecular flexibility index (Phi) is 10.5. The van der Waals surface area contributed by atoms with Crippen LogP contribution in [0, 0.1) is 0 Å². The highest BCUT2D eigenvalue weighted by atomic mass is 16.6. The number of carbonyl (C=O) groups is 3. The van der Waals surface area contributed by atoms with Gasteiger partial charge < -0.3 is 24.6 Å². The number of carbonyl (C=O) groups excluding carboxylic acids is 3. The number of anilines is 3. The summed E-state index contributed by atoms with van der Waals surface area (Å²) in [4.78, 5) is 54.2. The minimum Gasteiger partial charge on any atom is -0.462 e. The SMILES string of the molecule is CCOC(=O)c1cnc(Nc2ccc(N3CCN(C(=O)OC(C)(C)C)CC3)cc2)nc1C(=O)c1cccc(CN2CCCCC2)c1. The van der Waals surface area contributed by atoms with Crippen LogP contribution in [0.3, 0.4) is 0 Å². The Morgan fingerprint density at radius 2 is 1.63 bits per heavy atom. The normalized spacial score (nSPS) is 15.7. The monoisotopic (exact) mass is 628 g/mol. The van der Waals surface area contributed by atoms with Gasteiger partial charge in [-0.15, -0.1) is 0 Å². The van der Waals surface area contributed by atoms with Gasteiger partial charge in [-0.3, -0.25) is 9.69 Å². The van der Waals surface area contributed by atoms with Crippen molar-refractivity contribution >= 4 is 35.2 Å². The molecule has 1 aromatic heterocycles. The third-order valence-electron chi connectivity index (χ3n) is 7.96. The summed E-state index contributed by atoms with van der Waals surface area (Å²) in [5, 5.41) is 3.17. The van der Waals surface area contributed by atoms with Crippen LogP contribution in [0.4, 0.5) is 22.1 Å². The second-order valence-electron chi connectivity index (χ2n) is 12.7. The molecule has 0 radical (unpaired) electrons. The Morgan fingerprint density at radius 3 is 2.30 bits per heavy atom. The van der Waals surface area contributed by atoms with E-state index in [9.17, 15) is 14.4 Å². The predicted molar refractivity (Wildman–Crippen MR) is 177 cm³/mol. The van der Waals surface area contributed by atoms with Crippen LogP contribution < -0.4 is 10.2 Å². The first kappa shape index (κ1) is 32.9. The molecule has 2 aliphatic heterocycles. The zero-order valence-corrected chi connectivity index (χ0v) is 27.3. The highest BCUT2D eigenvalue weighted by Gasteiger charge is 2.26. The van der Waals surface area contributed by atoms with Gasteiger partial charge in [0.1, 0.15) is 16.9 Å². The van der Waals surface area contributed by atoms with Gasteiger partial charge in [-0.25, -0.2) is 19.6 Å². The molecule has 11 heteroatoms. The van der Waals surface area contributed by atoms with Crippen LogP contribution in [0.5, 0.6) is 0 Å². The quantitative estimate of drug-likeness (QED) is 0.235. The first-order valence-corrected chi connectivity index (χ1v) is 16.1. The van der Waals surface area contributed by atoms with E-state index in [1.54, 1.807) is 17.9 Å². The third-order valence-corrected chi connectivity index (χ3v) is 7.96. The number of amides is 1. The van der Waals surface area contributed by atoms with E-state index in [1.165, 1.54) is 25.5 Å². The number of likely N-dealkylation sites (tertiary alicyclic amines) is 1. The van der Waals surface area contributed by atoms with Gasteiger partial charge in [-0.1, -0.05) is 24.6 Å². The van der Waals surface area contributed by atoms with E-state index in [2.05, 4.69) is 25.1 Å². The number of hydrogen-bond acceptors (Lipinski definition) is 10. The molecule has 1 amide bonds. The number of nitrogens with one attached hydrogen (secondary N) is 1. The fourth-order valence-corrected chi connectivity index (χ4v) is 5.66. The smallest absolute Gasteiger partial charge is 0.410 e. The standard InChI is InChI=1S/C35H44N6O5/c1-5-45-32(43)29-23-36-33(38-30(29)31(42)26-11-9-10-25(22-26)24-39-16-7-6-8-17-39)37-27-12-14-28(15-13-27)40-18-20-41(21-19-40)34(44)46-35(2,3)4/h9-15,22-23H,5-8,16-21,24H2,1-4H3,(H,36,37,38). The van der Waals surface area contributed by atoms with Crippen LogP contribution in [-0.2, 0) is 16.0 Å². The first-order chi connectivity index (χ1) is 22.1. The molecule has 46 heavy (non-hydrogen) atoms. The fraction of sp³-hybridized carbons (Fsp3) is 0.457. The Morgan fingerprint density at radius 1 is 0.913 bits per heavy atom. The summed E-state index contributed by atoms with van der Waals surface area (Å²) in [6.45, 7) is 12.9. The number of hydrogen-bond donors (Lipinski definition) is 1. The molecule has 3 aromatic rings. The van der Waals surface area contributed by atoms with Crippen molar-refractivity contribution in [3.63, 3.8) is 0 Å². The van der Waals surface area contributed by atoms with Gasteiger partial charge in [0.05, 0.1) is 6.61 Å². The molecule has 0 unspecified atom stereocenters. The topological polar surface area (TPSA) is 117 Å². The molecular weight excluding hydrogens is 584 g/mol. The van der Waals surface area contributed by atoms with Crippen molar-refractivity contribution in [3.8, 4) is 0 Å². The van der Waals surface area contributed by atoms with E-state index in [4.69, 9.17) is 9.47 Å². The van der Waals surface area contributed by atoms with Gasteiger partial charge in [0.15, 0.2) is 0 Å². The van der Waals surface area contributed by atoms with Crippen molar-refractivity contribution in [2.45, 2.75) is 59.1 Å². The summed E-state index contributed by atoms with van der Waals surface area (Å²) in [5.74, 6) is -0.813. The van der Waals surface area contributed by atoms with Gasteiger partial charge in [-0.2, -0.15) is 0 Å². The average Bonchev–Trinajstić information content (AvgIpc) is 3.05. The molecule has 2 fully saturated rings. The lowest BCUT2D eigenvalue weighted by Crippen LogP contribution is -2.50. The van der Waals surface area contributed by atoms with E-state index in [0.717, 1.165) is 36.6 Å². The Hall–Kier alpha value is -4.51. The number of aromatic nitrogens is 2. The summed E-state index contributed by atoms with van der Waals surface area (Å²) in [5.41, 5.74) is 2.75. The van der Waals surface area contributed by atoms with E-state index >= 15 is 0 Å². The summed E-state index contributed by atoms with van der Waals surface area (Å²) >= 11 is 0. The number of nitrogens with zero attached hydrogens (tertiary/aromatic N) is 5. The molecule has 0 aliphatic carbocycles. The average molecular weight is 629 g/mol. The van der Waals surface area contributed by atoms with Gasteiger partial charge in [0.25, 0.3) is 0 Å². The first-order valence-electron chi connectivity index (χ1n) is 16.1. The molecule has 2 aliphatic rings. The predicted octanol–water partition coefficient (Wildman–Crippen LogP) is 5.67. The largest absolute Gasteiger partial charge is 0.462 e. The number of benzene rings is 2. The molecule has 0 atom stereocenters. The van der Waals surface area contributed by atoms with Crippen molar-refractivity contribution < 1.29 is 23.9 Å². The van der Waals surface area contributed by atoms with Crippen LogP contribution >= 0.6 is 0 Å². The molecule has 1 N–H and O–H groups in total. The molecular formula is C35H44N6O5. The summed E-state index contributed by atoms with van der Waals surface area (Å²) in [6, 6.07) is 15.3. The number of piperidine rings is 1. The van der Waals surface area contributed by atoms with Gasteiger partial charge in [-0.05, 0) is 89.5 Å². The van der Waals surface area contributed by atoms with E-state index in [-0.39, 0.29) is 35.7 Å². The minimum atomic E-state index is -0.641. The van der Waals surface area contributed by atoms with Crippen molar-refractivity contribution in [1.82, 2.24) is 19.8 Å². The molecule has 2 aromatic carbocycles. The molecule has 0 saturated carbocycles. The van der Waals surface area contributed by atoms with Crippen LogP contribution in [0.25, 0.3) is 0 Å². The molecule has 244 valence electrons. The van der Waals surface area contributed by atoms with Crippen LogP contribution in [0.1, 0.15) is 78.9 Å². The fourth-order valence-electron chi connectivity index (χ4n) is 5.66. The molecule has 3 heterocycles. The van der Waals surface area contributed by atoms with E-state index < -0.39 is 11.6 Å². The molecule has 5 rings (SSSR count). The number of rotatable bonds is 9.